The van der Waals surface area contributed by atoms with E-state index in [0.717, 1.165) is 15.9 Å². The summed E-state index contributed by atoms with van der Waals surface area (Å²) in [4.78, 5) is 0.146. The van der Waals surface area contributed by atoms with Crippen molar-refractivity contribution in [3.63, 3.8) is 0 Å². The number of nitrogens with two attached hydrogens (primary N) is 1. The predicted molar refractivity (Wildman–Crippen MR) is 60.2 cm³/mol. The van der Waals surface area contributed by atoms with Gasteiger partial charge in [0.15, 0.2) is 0 Å². The third kappa shape index (κ3) is 2.78. The Morgan fingerprint density at radius 1 is 1.28 bits per heavy atom. The van der Waals surface area contributed by atoms with Crippen molar-refractivity contribution in [3.05, 3.63) is 10.8 Å². The Hall–Kier alpha value is -1.22. The molecule has 2 aromatic heterocycles. The van der Waals surface area contributed by atoms with Gasteiger partial charge in [-0.05, 0) is 20.3 Å². The molecule has 0 spiro atoms. The van der Waals surface area contributed by atoms with Crippen LogP contribution in [0.1, 0.15) is 31.1 Å². The monoisotopic (exact) mass is 279 g/mol. The molecular weight excluding hydrogens is 267 g/mol. The molecule has 0 bridgehead atoms. The first kappa shape index (κ1) is 13.2. The van der Waals surface area contributed by atoms with Gasteiger partial charge in [-0.15, -0.1) is 10.2 Å². The Morgan fingerprint density at radius 2 is 1.94 bits per heavy atom. The van der Waals surface area contributed by atoms with Crippen LogP contribution in [0.5, 0.6) is 0 Å². The molecule has 0 radical (unpaired) electrons. The van der Waals surface area contributed by atoms with Crippen molar-refractivity contribution in [3.8, 4) is 0 Å². The SMILES string of the molecule is CC(C)(N)CCc1nn2c(C(F)(F)F)nnc2s1. The van der Waals surface area contributed by atoms with Gasteiger partial charge in [0.25, 0.3) is 5.82 Å². The molecule has 2 rings (SSSR count). The van der Waals surface area contributed by atoms with E-state index in [-0.39, 0.29) is 10.5 Å². The summed E-state index contributed by atoms with van der Waals surface area (Å²) in [5.41, 5.74) is 5.44. The molecule has 0 atom stereocenters. The Balaban J connectivity index is 2.26. The molecule has 0 fully saturated rings. The number of nitrogens with zero attached hydrogens (tertiary/aromatic N) is 4. The molecule has 0 saturated carbocycles. The highest BCUT2D eigenvalue weighted by atomic mass is 32.1. The number of halogens is 3. The van der Waals surface area contributed by atoms with Crippen molar-refractivity contribution in [2.75, 3.05) is 0 Å². The van der Waals surface area contributed by atoms with Crippen molar-refractivity contribution in [2.45, 2.75) is 38.4 Å². The Labute approximate surface area is 105 Å². The second-order valence-electron chi connectivity index (χ2n) is 4.70. The quantitative estimate of drug-likeness (QED) is 0.931. The van der Waals surface area contributed by atoms with Crippen LogP contribution in [0, 0.1) is 0 Å². The number of aryl methyl sites for hydroxylation is 1. The Morgan fingerprint density at radius 3 is 2.50 bits per heavy atom. The van der Waals surface area contributed by atoms with E-state index in [1.807, 2.05) is 13.8 Å². The smallest absolute Gasteiger partial charge is 0.326 e. The largest absolute Gasteiger partial charge is 0.453 e. The van der Waals surface area contributed by atoms with Gasteiger partial charge in [0, 0.05) is 12.0 Å². The zero-order chi connectivity index (χ0) is 13.6. The molecule has 2 heterocycles. The maximum absolute atomic E-state index is 12.6. The van der Waals surface area contributed by atoms with Crippen LogP contribution in [0.15, 0.2) is 0 Å². The Bertz CT molecular complexity index is 551. The van der Waals surface area contributed by atoms with Crippen LogP contribution in [-0.2, 0) is 12.6 Å². The van der Waals surface area contributed by atoms with E-state index in [4.69, 9.17) is 5.73 Å². The lowest BCUT2D eigenvalue weighted by atomic mass is 10.0. The first-order valence-corrected chi connectivity index (χ1v) is 6.06. The molecule has 0 amide bonds. The third-order valence-corrected chi connectivity index (χ3v) is 3.23. The first-order valence-electron chi connectivity index (χ1n) is 5.24. The summed E-state index contributed by atoms with van der Waals surface area (Å²) in [6, 6.07) is 0. The number of hydrogen-bond donors (Lipinski definition) is 1. The van der Waals surface area contributed by atoms with Crippen molar-refractivity contribution < 1.29 is 13.2 Å². The minimum atomic E-state index is -4.54. The molecule has 0 unspecified atom stereocenters. The second kappa shape index (κ2) is 4.16. The highest BCUT2D eigenvalue weighted by molar-refractivity contribution is 7.16. The molecule has 2 aromatic rings. The van der Waals surface area contributed by atoms with Crippen molar-refractivity contribution in [2.24, 2.45) is 5.73 Å². The van der Waals surface area contributed by atoms with Gasteiger partial charge in [0.05, 0.1) is 0 Å². The number of rotatable bonds is 3. The second-order valence-corrected chi connectivity index (χ2v) is 5.74. The molecule has 2 N–H and O–H groups in total. The Kier molecular flexibility index (Phi) is 3.06. The molecule has 0 saturated heterocycles. The number of hydrogen-bond acceptors (Lipinski definition) is 5. The number of aromatic nitrogens is 4. The van der Waals surface area contributed by atoms with Crippen LogP contribution in [-0.4, -0.2) is 25.4 Å². The summed E-state index contributed by atoms with van der Waals surface area (Å²) in [6.07, 6.45) is -3.38. The zero-order valence-corrected chi connectivity index (χ0v) is 10.6. The first-order chi connectivity index (χ1) is 8.17. The molecule has 5 nitrogen and oxygen atoms in total. The minimum Gasteiger partial charge on any atom is -0.326 e. The van der Waals surface area contributed by atoms with Crippen LogP contribution < -0.4 is 5.73 Å². The lowest BCUT2D eigenvalue weighted by molar-refractivity contribution is -0.146. The van der Waals surface area contributed by atoms with Gasteiger partial charge in [-0.2, -0.15) is 22.8 Å². The number of fused-ring (bicyclic) bond motifs is 1. The topological polar surface area (TPSA) is 69.1 Å². The van der Waals surface area contributed by atoms with Gasteiger partial charge in [0.1, 0.15) is 5.01 Å². The van der Waals surface area contributed by atoms with E-state index in [1.54, 1.807) is 0 Å². The van der Waals surface area contributed by atoms with Crippen molar-refractivity contribution >= 4 is 16.3 Å². The van der Waals surface area contributed by atoms with Crippen LogP contribution >= 0.6 is 11.3 Å². The molecule has 0 aliphatic rings. The predicted octanol–water partition coefficient (Wildman–Crippen LogP) is 1.87. The molecule has 0 aliphatic carbocycles. The summed E-state index contributed by atoms with van der Waals surface area (Å²) in [5, 5.41) is 11.0. The normalized spacial score (nSPS) is 13.4. The molecular formula is C9H12F3N5S. The summed E-state index contributed by atoms with van der Waals surface area (Å²) in [6.45, 7) is 3.71. The fourth-order valence-corrected chi connectivity index (χ4v) is 2.20. The highest BCUT2D eigenvalue weighted by Crippen LogP contribution is 2.29. The van der Waals surface area contributed by atoms with Crippen LogP contribution in [0.2, 0.25) is 0 Å². The lowest BCUT2D eigenvalue weighted by Gasteiger charge is -2.16. The van der Waals surface area contributed by atoms with E-state index in [1.165, 1.54) is 0 Å². The molecule has 18 heavy (non-hydrogen) atoms. The highest BCUT2D eigenvalue weighted by Gasteiger charge is 2.38. The maximum atomic E-state index is 12.6. The molecule has 0 aromatic carbocycles. The van der Waals surface area contributed by atoms with Crippen LogP contribution in [0.25, 0.3) is 4.96 Å². The van der Waals surface area contributed by atoms with E-state index >= 15 is 0 Å². The third-order valence-electron chi connectivity index (χ3n) is 2.27. The van der Waals surface area contributed by atoms with E-state index in [0.29, 0.717) is 17.8 Å². The average Bonchev–Trinajstić information content (AvgIpc) is 2.68. The minimum absolute atomic E-state index is 0.146. The number of alkyl halides is 3. The van der Waals surface area contributed by atoms with E-state index in [2.05, 4.69) is 15.3 Å². The van der Waals surface area contributed by atoms with Gasteiger partial charge in [-0.25, -0.2) is 0 Å². The lowest BCUT2D eigenvalue weighted by Crippen LogP contribution is -2.32. The van der Waals surface area contributed by atoms with Gasteiger partial charge in [-0.1, -0.05) is 11.3 Å². The van der Waals surface area contributed by atoms with E-state index in [9.17, 15) is 13.2 Å². The average molecular weight is 279 g/mol. The van der Waals surface area contributed by atoms with Crippen molar-refractivity contribution in [1.82, 2.24) is 19.8 Å². The maximum Gasteiger partial charge on any atom is 0.453 e. The van der Waals surface area contributed by atoms with Gasteiger partial charge >= 0.3 is 6.18 Å². The summed E-state index contributed by atoms with van der Waals surface area (Å²) in [5.74, 6) is -1.09. The zero-order valence-electron chi connectivity index (χ0n) is 9.82. The van der Waals surface area contributed by atoms with Crippen LogP contribution in [0.4, 0.5) is 13.2 Å². The summed E-state index contributed by atoms with van der Waals surface area (Å²) >= 11 is 1.10. The van der Waals surface area contributed by atoms with Gasteiger partial charge in [0.2, 0.25) is 4.96 Å². The fraction of sp³-hybridized carbons (Fsp3) is 0.667. The molecule has 9 heteroatoms. The van der Waals surface area contributed by atoms with Crippen LogP contribution in [0.3, 0.4) is 0 Å². The standard InChI is InChI=1S/C9H12F3N5S/c1-8(2,13)4-3-5-16-17-6(9(10,11)12)14-15-7(17)18-5/h3-4,13H2,1-2H3. The van der Waals surface area contributed by atoms with Gasteiger partial charge in [-0.3, -0.25) is 0 Å². The molecule has 100 valence electrons. The van der Waals surface area contributed by atoms with Gasteiger partial charge < -0.3 is 5.73 Å². The summed E-state index contributed by atoms with van der Waals surface area (Å²) in [7, 11) is 0. The fourth-order valence-electron chi connectivity index (χ4n) is 1.36. The van der Waals surface area contributed by atoms with E-state index < -0.39 is 12.0 Å². The summed E-state index contributed by atoms with van der Waals surface area (Å²) < 4.78 is 38.4. The molecule has 0 aliphatic heterocycles. The van der Waals surface area contributed by atoms with Crippen molar-refractivity contribution in [1.29, 1.82) is 0 Å².